The maximum absolute atomic E-state index is 13.6. The van der Waals surface area contributed by atoms with Crippen LogP contribution in [-0.2, 0) is 21.2 Å². The van der Waals surface area contributed by atoms with Crippen molar-refractivity contribution in [1.82, 2.24) is 4.72 Å². The molecule has 0 aromatic heterocycles. The van der Waals surface area contributed by atoms with E-state index in [2.05, 4.69) is 10.0 Å². The van der Waals surface area contributed by atoms with Crippen LogP contribution in [-0.4, -0.2) is 40.4 Å². The van der Waals surface area contributed by atoms with Gasteiger partial charge in [-0.2, -0.15) is 4.72 Å². The van der Waals surface area contributed by atoms with Gasteiger partial charge in [0, 0.05) is 22.2 Å². The number of nitrogens with one attached hydrogen (secondary N) is 2. The second kappa shape index (κ2) is 12.8. The number of ketones is 1. The summed E-state index contributed by atoms with van der Waals surface area (Å²) < 4.78 is 39.8. The lowest BCUT2D eigenvalue weighted by molar-refractivity contribution is -0.117. The lowest BCUT2D eigenvalue weighted by atomic mass is 10.0. The minimum Gasteiger partial charge on any atom is -0.493 e. The average molecular weight is 579 g/mol. The van der Waals surface area contributed by atoms with E-state index in [1.165, 1.54) is 44.6 Å². The highest BCUT2D eigenvalue weighted by Crippen LogP contribution is 2.30. The van der Waals surface area contributed by atoms with Gasteiger partial charge >= 0.3 is 0 Å². The second-order valence-corrected chi connectivity index (χ2v) is 10.9. The van der Waals surface area contributed by atoms with Gasteiger partial charge in [0.15, 0.2) is 17.3 Å². The van der Waals surface area contributed by atoms with Crippen LogP contribution in [0.5, 0.6) is 11.5 Å². The quantitative estimate of drug-likeness (QED) is 0.239. The van der Waals surface area contributed by atoms with Crippen LogP contribution in [0.15, 0.2) is 102 Å². The number of rotatable bonds is 11. The molecule has 0 saturated heterocycles. The maximum atomic E-state index is 13.6. The van der Waals surface area contributed by atoms with Gasteiger partial charge in [-0.1, -0.05) is 72.3 Å². The van der Waals surface area contributed by atoms with Gasteiger partial charge in [0.25, 0.3) is 0 Å². The Morgan fingerprint density at radius 2 is 1.48 bits per heavy atom. The van der Waals surface area contributed by atoms with E-state index >= 15 is 0 Å². The number of anilines is 1. The standard InChI is InChI=1S/C30H27ClN2O6S/c1-38-27-16-14-23(19-28(27)39-2)40(36,37)33-26(17-20-9-5-3-6-10-20)30(35)32-25-15-13-22(31)18-24(25)29(34)21-11-7-4-8-12-21/h3-16,18-19,26,33H,17H2,1-2H3,(H,32,35)/t26-/m0/s1. The van der Waals surface area contributed by atoms with E-state index in [1.54, 1.807) is 60.7 Å². The summed E-state index contributed by atoms with van der Waals surface area (Å²) in [4.78, 5) is 26.8. The Morgan fingerprint density at radius 1 is 0.825 bits per heavy atom. The molecule has 4 aromatic carbocycles. The highest BCUT2D eigenvalue weighted by molar-refractivity contribution is 7.89. The van der Waals surface area contributed by atoms with Crippen molar-refractivity contribution in [2.24, 2.45) is 0 Å². The Balaban J connectivity index is 1.67. The highest BCUT2D eigenvalue weighted by atomic mass is 35.5. The lowest BCUT2D eigenvalue weighted by Gasteiger charge is -2.20. The number of ether oxygens (including phenoxy) is 2. The first-order valence-electron chi connectivity index (χ1n) is 12.2. The van der Waals surface area contributed by atoms with Gasteiger partial charge in [0.2, 0.25) is 15.9 Å². The summed E-state index contributed by atoms with van der Waals surface area (Å²) in [6.07, 6.45) is 0.0503. The molecule has 0 spiro atoms. The molecule has 4 aromatic rings. The van der Waals surface area contributed by atoms with Gasteiger partial charge in [0.05, 0.1) is 24.8 Å². The summed E-state index contributed by atoms with van der Waals surface area (Å²) in [6, 6.07) is 25.0. The molecule has 0 bridgehead atoms. The van der Waals surface area contributed by atoms with Gasteiger partial charge in [-0.15, -0.1) is 0 Å². The van der Waals surface area contributed by atoms with E-state index in [0.29, 0.717) is 16.3 Å². The molecule has 206 valence electrons. The molecule has 0 aliphatic carbocycles. The van der Waals surface area contributed by atoms with E-state index in [0.717, 1.165) is 5.56 Å². The normalized spacial score (nSPS) is 11.9. The SMILES string of the molecule is COc1ccc(S(=O)(=O)N[C@@H](Cc2ccccc2)C(=O)Nc2ccc(Cl)cc2C(=O)c2ccccc2)cc1OC. The summed E-state index contributed by atoms with van der Waals surface area (Å²) in [6.45, 7) is 0. The number of methoxy groups -OCH3 is 2. The zero-order valence-corrected chi connectivity index (χ0v) is 23.3. The largest absolute Gasteiger partial charge is 0.493 e. The van der Waals surface area contributed by atoms with Gasteiger partial charge in [-0.25, -0.2) is 8.42 Å². The number of benzene rings is 4. The summed E-state index contributed by atoms with van der Waals surface area (Å²) in [5, 5.41) is 3.05. The average Bonchev–Trinajstić information content (AvgIpc) is 2.97. The summed E-state index contributed by atoms with van der Waals surface area (Å²) in [5.41, 5.74) is 1.52. The molecule has 1 atom stereocenters. The highest BCUT2D eigenvalue weighted by Gasteiger charge is 2.28. The third-order valence-corrected chi connectivity index (χ3v) is 7.79. The molecule has 0 aliphatic rings. The molecule has 40 heavy (non-hydrogen) atoms. The fraction of sp³-hybridized carbons (Fsp3) is 0.133. The Labute approximate surface area is 238 Å². The van der Waals surface area contributed by atoms with Crippen molar-refractivity contribution in [3.63, 3.8) is 0 Å². The number of amides is 1. The molecule has 4 rings (SSSR count). The molecule has 10 heteroatoms. The van der Waals surface area contributed by atoms with Gasteiger partial charge < -0.3 is 14.8 Å². The lowest BCUT2D eigenvalue weighted by Crippen LogP contribution is -2.45. The molecule has 0 fully saturated rings. The van der Waals surface area contributed by atoms with Crippen LogP contribution in [0.3, 0.4) is 0 Å². The first-order chi connectivity index (χ1) is 19.2. The molecular formula is C30H27ClN2O6S. The molecule has 8 nitrogen and oxygen atoms in total. The second-order valence-electron chi connectivity index (χ2n) is 8.75. The van der Waals surface area contributed by atoms with Crippen molar-refractivity contribution in [1.29, 1.82) is 0 Å². The van der Waals surface area contributed by atoms with E-state index in [-0.39, 0.29) is 34.1 Å². The Kier molecular flexibility index (Phi) is 9.21. The van der Waals surface area contributed by atoms with Crippen LogP contribution < -0.4 is 19.5 Å². The van der Waals surface area contributed by atoms with Gasteiger partial charge in [-0.3, -0.25) is 9.59 Å². The predicted molar refractivity (Wildman–Crippen MR) is 154 cm³/mol. The Bertz CT molecular complexity index is 1610. The van der Waals surface area contributed by atoms with Crippen LogP contribution >= 0.6 is 11.6 Å². The first kappa shape index (κ1) is 28.8. The molecular weight excluding hydrogens is 552 g/mol. The molecule has 0 saturated carbocycles. The topological polar surface area (TPSA) is 111 Å². The number of hydrogen-bond donors (Lipinski definition) is 2. The molecule has 0 heterocycles. The fourth-order valence-electron chi connectivity index (χ4n) is 4.05. The van der Waals surface area contributed by atoms with Crippen molar-refractivity contribution >= 4 is 39.0 Å². The number of carbonyl (C=O) groups excluding carboxylic acids is 2. The van der Waals surface area contributed by atoms with E-state index in [9.17, 15) is 18.0 Å². The minimum atomic E-state index is -4.19. The number of sulfonamides is 1. The fourth-order valence-corrected chi connectivity index (χ4v) is 5.44. The van der Waals surface area contributed by atoms with Crippen LogP contribution in [0.4, 0.5) is 5.69 Å². The molecule has 0 unspecified atom stereocenters. The van der Waals surface area contributed by atoms with Crippen LogP contribution in [0, 0.1) is 0 Å². The van der Waals surface area contributed by atoms with Crippen molar-refractivity contribution in [3.05, 3.63) is 119 Å². The van der Waals surface area contributed by atoms with Gasteiger partial charge in [0.1, 0.15) is 6.04 Å². The van der Waals surface area contributed by atoms with Crippen LogP contribution in [0.1, 0.15) is 21.5 Å². The first-order valence-corrected chi connectivity index (χ1v) is 14.1. The minimum absolute atomic E-state index is 0.0503. The smallest absolute Gasteiger partial charge is 0.242 e. The van der Waals surface area contributed by atoms with Gasteiger partial charge in [-0.05, 0) is 42.3 Å². The summed E-state index contributed by atoms with van der Waals surface area (Å²) >= 11 is 6.18. The number of hydrogen-bond acceptors (Lipinski definition) is 6. The monoisotopic (exact) mass is 578 g/mol. The Hall–Kier alpha value is -4.18. The predicted octanol–water partition coefficient (Wildman–Crippen LogP) is 5.12. The zero-order chi connectivity index (χ0) is 28.7. The summed E-state index contributed by atoms with van der Waals surface area (Å²) in [5.74, 6) is -0.417. The van der Waals surface area contributed by atoms with E-state index in [1.807, 2.05) is 6.07 Å². The molecule has 0 radical (unpaired) electrons. The zero-order valence-electron chi connectivity index (χ0n) is 21.8. The van der Waals surface area contributed by atoms with Crippen molar-refractivity contribution in [3.8, 4) is 11.5 Å². The molecule has 0 aliphatic heterocycles. The van der Waals surface area contributed by atoms with E-state index < -0.39 is 22.0 Å². The molecule has 1 amide bonds. The number of carbonyl (C=O) groups is 2. The summed E-state index contributed by atoms with van der Waals surface area (Å²) in [7, 11) is -1.35. The van der Waals surface area contributed by atoms with Crippen molar-refractivity contribution in [2.45, 2.75) is 17.4 Å². The third kappa shape index (κ3) is 6.87. The Morgan fingerprint density at radius 3 is 2.12 bits per heavy atom. The van der Waals surface area contributed by atoms with Crippen molar-refractivity contribution in [2.75, 3.05) is 19.5 Å². The maximum Gasteiger partial charge on any atom is 0.242 e. The van der Waals surface area contributed by atoms with Crippen molar-refractivity contribution < 1.29 is 27.5 Å². The van der Waals surface area contributed by atoms with E-state index in [4.69, 9.17) is 21.1 Å². The third-order valence-electron chi connectivity index (χ3n) is 6.08. The van der Waals surface area contributed by atoms with Crippen LogP contribution in [0.25, 0.3) is 0 Å². The molecule has 2 N–H and O–H groups in total. The van der Waals surface area contributed by atoms with Crippen LogP contribution in [0.2, 0.25) is 5.02 Å². The number of halogens is 1.